The number of nitro groups is 2. The molecule has 15 nitrogen and oxygen atoms in total. The highest BCUT2D eigenvalue weighted by atomic mass is 32.2. The molecule has 232 valence electrons. The number of benzene rings is 2. The topological polar surface area (TPSA) is 203 Å². The molecule has 2 aromatic carbocycles. The first-order valence-electron chi connectivity index (χ1n) is 13.6. The fourth-order valence-electron chi connectivity index (χ4n) is 5.61. The Morgan fingerprint density at radius 3 is 1.89 bits per heavy atom. The van der Waals surface area contributed by atoms with E-state index in [1.165, 1.54) is 30.3 Å². The number of hydrogen-bond donors (Lipinski definition) is 1. The standard InChI is InChI=1S/C27H28N6O9S2/c34-27-18-30(43(39,40)25-14-5-3-12-23(25)32(35)36)16-19-8-7-9-20(28-19)17-31(22-11-2-1-10-21(22)29-27)44(41,42)26-15-6-4-13-24(26)33(37)38/h3-9,12-15,21-22H,1-2,10-11,16-18H2,(H,29,34)/t21-,22-/m1/s1. The highest BCUT2D eigenvalue weighted by molar-refractivity contribution is 7.89. The molecule has 1 N–H and O–H groups in total. The van der Waals surface area contributed by atoms with Crippen LogP contribution in [0.25, 0.3) is 0 Å². The second-order valence-electron chi connectivity index (χ2n) is 10.4. The first kappa shape index (κ1) is 31.1. The Bertz CT molecular complexity index is 1830. The second-order valence-corrected chi connectivity index (χ2v) is 14.2. The number of pyridine rings is 1. The minimum absolute atomic E-state index is 0.154. The number of fused-ring (bicyclic) bond motifs is 3. The average molecular weight is 645 g/mol. The number of nitrogens with one attached hydrogen (secondary N) is 1. The zero-order valence-corrected chi connectivity index (χ0v) is 24.8. The minimum Gasteiger partial charge on any atom is -0.351 e. The van der Waals surface area contributed by atoms with Crippen LogP contribution in [0.3, 0.4) is 0 Å². The van der Waals surface area contributed by atoms with Crippen LogP contribution in [0, 0.1) is 20.2 Å². The summed E-state index contributed by atoms with van der Waals surface area (Å²) in [7, 11) is -9.08. The summed E-state index contributed by atoms with van der Waals surface area (Å²) in [5.41, 5.74) is -0.846. The first-order valence-corrected chi connectivity index (χ1v) is 16.5. The van der Waals surface area contributed by atoms with Gasteiger partial charge in [-0.05, 0) is 37.1 Å². The lowest BCUT2D eigenvalue weighted by Gasteiger charge is -2.39. The lowest BCUT2D eigenvalue weighted by atomic mass is 9.90. The fraction of sp³-hybridized carbons (Fsp3) is 0.333. The van der Waals surface area contributed by atoms with Crippen molar-refractivity contribution in [2.45, 2.75) is 60.6 Å². The maximum atomic E-state index is 14.1. The summed E-state index contributed by atoms with van der Waals surface area (Å²) < 4.78 is 57.7. The van der Waals surface area contributed by atoms with Gasteiger partial charge in [-0.15, -0.1) is 0 Å². The number of amides is 1. The van der Waals surface area contributed by atoms with Crippen LogP contribution < -0.4 is 5.32 Å². The molecule has 2 heterocycles. The normalized spacial score (nSPS) is 20.4. The molecule has 0 radical (unpaired) electrons. The third-order valence-electron chi connectivity index (χ3n) is 7.61. The van der Waals surface area contributed by atoms with E-state index in [4.69, 9.17) is 0 Å². The van der Waals surface area contributed by atoms with Gasteiger partial charge in [0.1, 0.15) is 0 Å². The van der Waals surface area contributed by atoms with Gasteiger partial charge in [0.2, 0.25) is 5.91 Å². The van der Waals surface area contributed by atoms with Crippen molar-refractivity contribution in [3.63, 3.8) is 0 Å². The van der Waals surface area contributed by atoms with Gasteiger partial charge in [0, 0.05) is 24.2 Å². The number of aromatic nitrogens is 1. The van der Waals surface area contributed by atoms with Crippen LogP contribution in [-0.4, -0.2) is 64.8 Å². The number of para-hydroxylation sites is 2. The number of hydrogen-bond acceptors (Lipinski definition) is 10. The van der Waals surface area contributed by atoms with Crippen LogP contribution in [0.4, 0.5) is 11.4 Å². The van der Waals surface area contributed by atoms with Crippen molar-refractivity contribution >= 4 is 37.3 Å². The summed E-state index contributed by atoms with van der Waals surface area (Å²) in [6, 6.07) is 12.8. The van der Waals surface area contributed by atoms with Gasteiger partial charge < -0.3 is 5.32 Å². The number of carbonyl (C=O) groups is 1. The second kappa shape index (κ2) is 12.4. The van der Waals surface area contributed by atoms with E-state index in [2.05, 4.69) is 10.3 Å². The van der Waals surface area contributed by atoms with Gasteiger partial charge >= 0.3 is 0 Å². The molecule has 1 aliphatic heterocycles. The molecule has 17 heteroatoms. The Morgan fingerprint density at radius 2 is 1.27 bits per heavy atom. The van der Waals surface area contributed by atoms with Gasteiger partial charge in [-0.3, -0.25) is 30.0 Å². The fourth-order valence-corrected chi connectivity index (χ4v) is 8.95. The third kappa shape index (κ3) is 6.17. The molecule has 0 saturated heterocycles. The van der Waals surface area contributed by atoms with Crippen LogP contribution in [0.5, 0.6) is 0 Å². The molecule has 1 fully saturated rings. The molecule has 1 aliphatic carbocycles. The Morgan fingerprint density at radius 1 is 0.727 bits per heavy atom. The number of carbonyl (C=O) groups excluding carboxylic acids is 1. The highest BCUT2D eigenvalue weighted by Crippen LogP contribution is 2.34. The lowest BCUT2D eigenvalue weighted by Crippen LogP contribution is -2.56. The van der Waals surface area contributed by atoms with Gasteiger partial charge in [0.25, 0.3) is 31.4 Å². The molecular weight excluding hydrogens is 616 g/mol. The van der Waals surface area contributed by atoms with Crippen molar-refractivity contribution in [3.05, 3.63) is 98.3 Å². The van der Waals surface area contributed by atoms with Crippen molar-refractivity contribution in [1.82, 2.24) is 18.9 Å². The summed E-state index contributed by atoms with van der Waals surface area (Å²) in [5.74, 6) is -0.746. The van der Waals surface area contributed by atoms with Crippen LogP contribution in [0.2, 0.25) is 0 Å². The van der Waals surface area contributed by atoms with Crippen LogP contribution in [0.1, 0.15) is 37.1 Å². The lowest BCUT2D eigenvalue weighted by molar-refractivity contribution is -0.388. The van der Waals surface area contributed by atoms with Gasteiger partial charge in [-0.25, -0.2) is 16.8 Å². The van der Waals surface area contributed by atoms with Crippen molar-refractivity contribution in [3.8, 4) is 0 Å². The Balaban J connectivity index is 1.61. The molecule has 2 aliphatic rings. The number of nitro benzene ring substituents is 2. The molecular formula is C27H28N6O9S2. The summed E-state index contributed by atoms with van der Waals surface area (Å²) in [5, 5.41) is 26.2. The van der Waals surface area contributed by atoms with Gasteiger partial charge in [-0.1, -0.05) is 43.2 Å². The van der Waals surface area contributed by atoms with E-state index in [0.29, 0.717) is 25.7 Å². The van der Waals surface area contributed by atoms with E-state index in [1.807, 2.05) is 0 Å². The zero-order chi connectivity index (χ0) is 31.6. The molecule has 0 unspecified atom stereocenters. The summed E-state index contributed by atoms with van der Waals surface area (Å²) in [6.45, 7) is -1.47. The van der Waals surface area contributed by atoms with Crippen LogP contribution in [0.15, 0.2) is 76.5 Å². The smallest absolute Gasteiger partial charge is 0.289 e. The monoisotopic (exact) mass is 644 g/mol. The zero-order valence-electron chi connectivity index (χ0n) is 23.2. The molecule has 1 aromatic heterocycles. The summed E-state index contributed by atoms with van der Waals surface area (Å²) in [4.78, 5) is 38.6. The van der Waals surface area contributed by atoms with Gasteiger partial charge in [-0.2, -0.15) is 8.61 Å². The Labute approximate surface area is 252 Å². The van der Waals surface area contributed by atoms with E-state index in [0.717, 1.165) is 32.9 Å². The highest BCUT2D eigenvalue weighted by Gasteiger charge is 2.42. The molecule has 0 spiro atoms. The average Bonchev–Trinajstić information content (AvgIpc) is 2.99. The first-order chi connectivity index (χ1) is 20.9. The number of nitrogens with zero attached hydrogens (tertiary/aromatic N) is 5. The maximum absolute atomic E-state index is 14.1. The number of sulfonamides is 2. The Kier molecular flexibility index (Phi) is 8.73. The maximum Gasteiger partial charge on any atom is 0.289 e. The van der Waals surface area contributed by atoms with Crippen LogP contribution in [-0.2, 0) is 37.9 Å². The van der Waals surface area contributed by atoms with E-state index in [-0.39, 0.29) is 17.9 Å². The molecule has 3 aromatic rings. The van der Waals surface area contributed by atoms with E-state index < -0.39 is 82.1 Å². The number of rotatable bonds is 6. The Hall–Kier alpha value is -4.32. The summed E-state index contributed by atoms with van der Waals surface area (Å²) >= 11 is 0. The SMILES string of the molecule is O=C1CN(S(=O)(=O)c2ccccc2[N+](=O)[O-])Cc2cccc(n2)CN(S(=O)(=O)c2ccccc2[N+](=O)[O-])[C@@H]2CCCC[C@H]2N1. The van der Waals surface area contributed by atoms with Gasteiger partial charge in [0.05, 0.1) is 40.9 Å². The van der Waals surface area contributed by atoms with Crippen molar-refractivity contribution < 1.29 is 31.5 Å². The molecule has 5 rings (SSSR count). The van der Waals surface area contributed by atoms with Crippen LogP contribution >= 0.6 is 0 Å². The van der Waals surface area contributed by atoms with Gasteiger partial charge in [0.15, 0.2) is 9.79 Å². The van der Waals surface area contributed by atoms with Crippen molar-refractivity contribution in [2.24, 2.45) is 0 Å². The molecule has 2 atom stereocenters. The minimum atomic E-state index is -4.58. The predicted molar refractivity (Wildman–Crippen MR) is 155 cm³/mol. The quantitative estimate of drug-likeness (QED) is 0.307. The third-order valence-corrected chi connectivity index (χ3v) is 11.4. The summed E-state index contributed by atoms with van der Waals surface area (Å²) in [6.07, 6.45) is 1.95. The molecule has 44 heavy (non-hydrogen) atoms. The van der Waals surface area contributed by atoms with Crippen molar-refractivity contribution in [2.75, 3.05) is 6.54 Å². The van der Waals surface area contributed by atoms with E-state index in [9.17, 15) is 41.9 Å². The van der Waals surface area contributed by atoms with E-state index in [1.54, 1.807) is 12.1 Å². The predicted octanol–water partition coefficient (Wildman–Crippen LogP) is 2.72. The largest absolute Gasteiger partial charge is 0.351 e. The van der Waals surface area contributed by atoms with Crippen molar-refractivity contribution in [1.29, 1.82) is 0 Å². The molecule has 1 saturated carbocycles. The van der Waals surface area contributed by atoms with E-state index >= 15 is 0 Å². The molecule has 1 amide bonds. The molecule has 2 bridgehead atoms.